The molecule has 6 fully saturated rings. The molecule has 1 heterocycles. The van der Waals surface area contributed by atoms with Gasteiger partial charge >= 0.3 is 6.09 Å². The Bertz CT molecular complexity index is 991. The van der Waals surface area contributed by atoms with E-state index in [9.17, 15) is 20.0 Å². The molecule has 5 saturated carbocycles. The molecule has 0 spiro atoms. The van der Waals surface area contributed by atoms with Crippen LogP contribution in [0.5, 0.6) is 0 Å². The summed E-state index contributed by atoms with van der Waals surface area (Å²) in [5.41, 5.74) is -0.348. The number of benzene rings is 1. The Hall–Kier alpha value is -2.59. The first kappa shape index (κ1) is 21.0. The first-order valence-electron chi connectivity index (χ1n) is 12.3. The highest BCUT2D eigenvalue weighted by Crippen LogP contribution is 2.63. The van der Waals surface area contributed by atoms with Crippen LogP contribution < -0.4 is 5.32 Å². The quantitative estimate of drug-likeness (QED) is 0.719. The summed E-state index contributed by atoms with van der Waals surface area (Å²) in [4.78, 5) is 28.7. The molecule has 2 amide bonds. The maximum atomic E-state index is 14.0. The fourth-order valence-corrected chi connectivity index (χ4v) is 8.02. The number of ether oxygens (including phenoxy) is 1. The number of rotatable bonds is 5. The predicted octanol–water partition coefficient (Wildman–Crippen LogP) is 3.13. The number of hydrogen-bond donors (Lipinski definition) is 2. The molecule has 0 radical (unpaired) electrons. The number of carbonyl (C=O) groups is 2. The summed E-state index contributed by atoms with van der Waals surface area (Å²) in [5, 5.41) is 23.9. The van der Waals surface area contributed by atoms with Crippen LogP contribution in [0.2, 0.25) is 0 Å². The van der Waals surface area contributed by atoms with Gasteiger partial charge in [0.05, 0.1) is 11.7 Å². The van der Waals surface area contributed by atoms with E-state index in [0.717, 1.165) is 50.5 Å². The number of nitriles is 1. The summed E-state index contributed by atoms with van der Waals surface area (Å²) in [6.45, 7) is 0.130. The van der Waals surface area contributed by atoms with Crippen molar-refractivity contribution in [2.75, 3.05) is 0 Å². The monoisotopic (exact) mass is 449 g/mol. The van der Waals surface area contributed by atoms with E-state index in [4.69, 9.17) is 4.74 Å². The molecular formula is C26H31N3O4. The summed E-state index contributed by atoms with van der Waals surface area (Å²) >= 11 is 0. The van der Waals surface area contributed by atoms with Gasteiger partial charge in [0.2, 0.25) is 5.91 Å². The molecule has 1 aromatic carbocycles. The first-order valence-corrected chi connectivity index (χ1v) is 12.3. The second-order valence-corrected chi connectivity index (χ2v) is 11.4. The molecule has 6 aliphatic rings. The lowest BCUT2D eigenvalue weighted by atomic mass is 9.46. The SMILES string of the molecule is N#C[C@@H]1C[C@@H]2C[C@@H]2N1C(=O)[C@@H](NC(=O)OCc1ccccc1)C12CC3CC(CC(O)(C3)C1)C2. The topological polar surface area (TPSA) is 103 Å². The highest BCUT2D eigenvalue weighted by atomic mass is 16.5. The second kappa shape index (κ2) is 7.46. The van der Waals surface area contributed by atoms with Gasteiger partial charge < -0.3 is 20.1 Å². The lowest BCUT2D eigenvalue weighted by molar-refractivity contribution is -0.180. The zero-order valence-corrected chi connectivity index (χ0v) is 18.8. The van der Waals surface area contributed by atoms with Gasteiger partial charge in [-0.05, 0) is 74.7 Å². The molecule has 4 bridgehead atoms. The molecule has 5 aliphatic carbocycles. The molecule has 1 aliphatic heterocycles. The van der Waals surface area contributed by atoms with Gasteiger partial charge in [0.1, 0.15) is 18.7 Å². The smallest absolute Gasteiger partial charge is 0.408 e. The third-order valence-electron chi connectivity index (χ3n) is 8.92. The van der Waals surface area contributed by atoms with Crippen LogP contribution in [-0.2, 0) is 16.1 Å². The van der Waals surface area contributed by atoms with Gasteiger partial charge in [-0.25, -0.2) is 4.79 Å². The van der Waals surface area contributed by atoms with Gasteiger partial charge in [-0.3, -0.25) is 4.79 Å². The molecule has 6 atom stereocenters. The molecule has 0 aromatic heterocycles. The molecule has 7 heteroatoms. The molecule has 7 nitrogen and oxygen atoms in total. The van der Waals surface area contributed by atoms with Crippen LogP contribution in [0.4, 0.5) is 4.79 Å². The lowest BCUT2D eigenvalue weighted by Crippen LogP contribution is -2.66. The van der Waals surface area contributed by atoms with Crippen LogP contribution in [0, 0.1) is 34.5 Å². The Morgan fingerprint density at radius 1 is 1.15 bits per heavy atom. The summed E-state index contributed by atoms with van der Waals surface area (Å²) < 4.78 is 5.50. The molecular weight excluding hydrogens is 418 g/mol. The van der Waals surface area contributed by atoms with Crippen LogP contribution in [0.1, 0.15) is 56.9 Å². The molecule has 1 saturated heterocycles. The largest absolute Gasteiger partial charge is 0.445 e. The fraction of sp³-hybridized carbons (Fsp3) is 0.654. The fourth-order valence-electron chi connectivity index (χ4n) is 8.02. The highest BCUT2D eigenvalue weighted by molar-refractivity contribution is 5.88. The van der Waals surface area contributed by atoms with Gasteiger partial charge in [-0.15, -0.1) is 0 Å². The van der Waals surface area contributed by atoms with Crippen molar-refractivity contribution < 1.29 is 19.4 Å². The predicted molar refractivity (Wildman–Crippen MR) is 118 cm³/mol. The second-order valence-electron chi connectivity index (χ2n) is 11.4. The van der Waals surface area contributed by atoms with Crippen molar-refractivity contribution in [1.82, 2.24) is 10.2 Å². The zero-order valence-electron chi connectivity index (χ0n) is 18.8. The van der Waals surface area contributed by atoms with Crippen LogP contribution in [0.25, 0.3) is 0 Å². The molecule has 2 N–H and O–H groups in total. The number of piperidine rings is 1. The number of aliphatic hydroxyl groups is 1. The number of likely N-dealkylation sites (tertiary alicyclic amines) is 1. The normalized spacial score (nSPS) is 40.6. The van der Waals surface area contributed by atoms with Crippen molar-refractivity contribution >= 4 is 12.0 Å². The third kappa shape index (κ3) is 3.59. The minimum atomic E-state index is -0.770. The minimum Gasteiger partial charge on any atom is -0.445 e. The van der Waals surface area contributed by atoms with Crippen molar-refractivity contribution in [2.45, 2.75) is 81.7 Å². The number of hydrogen-bond acceptors (Lipinski definition) is 5. The number of alkyl carbamates (subject to hydrolysis) is 1. The van der Waals surface area contributed by atoms with Crippen molar-refractivity contribution in [1.29, 1.82) is 5.26 Å². The van der Waals surface area contributed by atoms with Crippen molar-refractivity contribution in [3.05, 3.63) is 35.9 Å². The van der Waals surface area contributed by atoms with E-state index in [2.05, 4.69) is 11.4 Å². The number of amides is 2. The van der Waals surface area contributed by atoms with E-state index < -0.39 is 29.2 Å². The Kier molecular flexibility index (Phi) is 4.74. The zero-order chi connectivity index (χ0) is 22.8. The first-order chi connectivity index (χ1) is 15.9. The van der Waals surface area contributed by atoms with E-state index in [1.165, 1.54) is 0 Å². The summed E-state index contributed by atoms with van der Waals surface area (Å²) in [5.74, 6) is 1.01. The summed E-state index contributed by atoms with van der Waals surface area (Å²) in [6, 6.07) is 10.7. The minimum absolute atomic E-state index is 0.115. The van der Waals surface area contributed by atoms with Crippen molar-refractivity contribution in [3.8, 4) is 6.07 Å². The maximum absolute atomic E-state index is 14.0. The van der Waals surface area contributed by atoms with Crippen LogP contribution in [0.3, 0.4) is 0 Å². The molecule has 33 heavy (non-hydrogen) atoms. The van der Waals surface area contributed by atoms with E-state index >= 15 is 0 Å². The number of nitrogens with zero attached hydrogens (tertiary/aromatic N) is 2. The molecule has 1 aromatic rings. The summed E-state index contributed by atoms with van der Waals surface area (Å²) in [7, 11) is 0. The molecule has 7 rings (SSSR count). The van der Waals surface area contributed by atoms with E-state index in [-0.39, 0.29) is 18.6 Å². The van der Waals surface area contributed by atoms with Crippen LogP contribution in [-0.4, -0.2) is 45.7 Å². The van der Waals surface area contributed by atoms with E-state index in [0.29, 0.717) is 24.2 Å². The van der Waals surface area contributed by atoms with Crippen LogP contribution in [0.15, 0.2) is 30.3 Å². The average Bonchev–Trinajstić information content (AvgIpc) is 3.44. The van der Waals surface area contributed by atoms with Gasteiger partial charge in [0.15, 0.2) is 0 Å². The van der Waals surface area contributed by atoms with Crippen LogP contribution >= 0.6 is 0 Å². The molecule has 174 valence electrons. The highest BCUT2D eigenvalue weighted by Gasteiger charge is 2.64. The lowest BCUT2D eigenvalue weighted by Gasteiger charge is -2.62. The summed E-state index contributed by atoms with van der Waals surface area (Å²) in [6.07, 6.45) is 5.93. The third-order valence-corrected chi connectivity index (χ3v) is 8.92. The van der Waals surface area contributed by atoms with Crippen molar-refractivity contribution in [2.24, 2.45) is 23.2 Å². The van der Waals surface area contributed by atoms with Gasteiger partial charge in [0.25, 0.3) is 0 Å². The average molecular weight is 450 g/mol. The Balaban J connectivity index is 1.27. The van der Waals surface area contributed by atoms with Gasteiger partial charge in [-0.2, -0.15) is 5.26 Å². The van der Waals surface area contributed by atoms with Gasteiger partial charge in [-0.1, -0.05) is 30.3 Å². The van der Waals surface area contributed by atoms with E-state index in [1.807, 2.05) is 30.3 Å². The standard InChI is InChI=1S/C26H31N3O4/c27-13-20-7-19-8-21(19)29(20)23(30)22(28-24(31)33-14-16-4-2-1-3-5-16)25-9-17-6-18(10-25)12-26(32,11-17)15-25/h1-5,17-22,32H,6-12,14-15H2,(H,28,31)/t17?,18?,19-,20+,21+,22-,25?,26?/m1/s1. The maximum Gasteiger partial charge on any atom is 0.408 e. The Morgan fingerprint density at radius 3 is 2.55 bits per heavy atom. The Labute approximate surface area is 194 Å². The Morgan fingerprint density at radius 2 is 1.88 bits per heavy atom. The number of carbonyl (C=O) groups excluding carboxylic acids is 2. The number of nitrogens with one attached hydrogen (secondary N) is 1. The van der Waals surface area contributed by atoms with E-state index in [1.54, 1.807) is 4.90 Å². The molecule has 2 unspecified atom stereocenters. The number of fused-ring (bicyclic) bond motifs is 1. The van der Waals surface area contributed by atoms with Crippen molar-refractivity contribution in [3.63, 3.8) is 0 Å². The van der Waals surface area contributed by atoms with Gasteiger partial charge in [0, 0.05) is 11.5 Å².